The maximum absolute atomic E-state index is 11.9. The Morgan fingerprint density at radius 1 is 1.06 bits per heavy atom. The van der Waals surface area contributed by atoms with Crippen molar-refractivity contribution in [3.05, 3.63) is 60.3 Å². The number of nitrogens with one attached hydrogen (secondary N) is 1. The molecule has 1 aromatic heterocycles. The molecule has 0 radical (unpaired) electrons. The van der Waals surface area contributed by atoms with Gasteiger partial charge in [-0.05, 0) is 42.7 Å². The second kappa shape index (κ2) is 11.7. The van der Waals surface area contributed by atoms with Gasteiger partial charge in [0.2, 0.25) is 11.8 Å². The first kappa shape index (κ1) is 23.9. The van der Waals surface area contributed by atoms with Gasteiger partial charge in [-0.25, -0.2) is 9.78 Å². The summed E-state index contributed by atoms with van der Waals surface area (Å²) >= 11 is 0. The highest BCUT2D eigenvalue weighted by Crippen LogP contribution is 2.19. The lowest BCUT2D eigenvalue weighted by Gasteiger charge is -2.21. The molecule has 166 valence electrons. The Morgan fingerprint density at radius 2 is 1.71 bits per heavy atom. The van der Waals surface area contributed by atoms with Crippen molar-refractivity contribution >= 4 is 18.0 Å². The van der Waals surface area contributed by atoms with Gasteiger partial charge >= 0.3 is 12.1 Å². The highest BCUT2D eigenvalue weighted by Gasteiger charge is 2.38. The Bertz CT molecular complexity index is 863. The molecule has 3 rings (SSSR count). The number of benzene rings is 1. The predicted octanol–water partition coefficient (Wildman–Crippen LogP) is 4.97. The molecule has 1 saturated carbocycles. The number of carbonyl (C=O) groups excluding carboxylic acids is 1. The van der Waals surface area contributed by atoms with Crippen LogP contribution in [0.4, 0.5) is 13.2 Å². The summed E-state index contributed by atoms with van der Waals surface area (Å²) in [6.45, 7) is 0. The van der Waals surface area contributed by atoms with Crippen LogP contribution in [0.3, 0.4) is 0 Å². The maximum atomic E-state index is 11.9. The van der Waals surface area contributed by atoms with Crippen molar-refractivity contribution in [2.24, 2.45) is 0 Å². The second-order valence-corrected chi connectivity index (χ2v) is 6.82. The van der Waals surface area contributed by atoms with Crippen LogP contribution in [0.15, 0.2) is 54.7 Å². The van der Waals surface area contributed by atoms with Gasteiger partial charge in [0.25, 0.3) is 0 Å². The first-order valence-corrected chi connectivity index (χ1v) is 9.71. The van der Waals surface area contributed by atoms with E-state index in [1.807, 2.05) is 36.4 Å². The van der Waals surface area contributed by atoms with Crippen molar-refractivity contribution in [1.29, 1.82) is 0 Å². The molecular weight excluding hydrogens is 413 g/mol. The zero-order chi connectivity index (χ0) is 22.7. The molecule has 0 atom stereocenters. The topological polar surface area (TPSA) is 88.5 Å². The van der Waals surface area contributed by atoms with Crippen molar-refractivity contribution in [2.45, 2.75) is 44.3 Å². The number of alkyl halides is 3. The Morgan fingerprint density at radius 3 is 2.26 bits per heavy atom. The normalized spacial score (nSPS) is 14.4. The van der Waals surface area contributed by atoms with Gasteiger partial charge in [-0.2, -0.15) is 13.2 Å². The monoisotopic (exact) mass is 436 g/mol. The van der Waals surface area contributed by atoms with E-state index in [9.17, 15) is 18.0 Å². The molecule has 1 amide bonds. The number of rotatable bonds is 5. The van der Waals surface area contributed by atoms with Crippen LogP contribution in [-0.2, 0) is 9.59 Å². The number of carbonyl (C=O) groups is 2. The van der Waals surface area contributed by atoms with E-state index in [1.54, 1.807) is 24.4 Å². The molecule has 6 nitrogen and oxygen atoms in total. The first-order chi connectivity index (χ1) is 14.7. The molecule has 0 saturated heterocycles. The summed E-state index contributed by atoms with van der Waals surface area (Å²) in [7, 11) is 0. The number of carboxylic acids is 1. The average molecular weight is 436 g/mol. The SMILES string of the molecule is O=C(C=Cc1ccc(Oc2ccccc2)nc1)NC1CCCCC1.O=C(O)C(F)(F)F. The lowest BCUT2D eigenvalue weighted by Crippen LogP contribution is -2.34. The van der Waals surface area contributed by atoms with Crippen LogP contribution in [0.1, 0.15) is 37.7 Å². The molecule has 0 unspecified atom stereocenters. The van der Waals surface area contributed by atoms with Crippen LogP contribution in [-0.4, -0.2) is 34.2 Å². The number of aliphatic carboxylic acids is 1. The van der Waals surface area contributed by atoms with Crippen molar-refractivity contribution in [1.82, 2.24) is 10.3 Å². The van der Waals surface area contributed by atoms with Crippen molar-refractivity contribution < 1.29 is 32.6 Å². The summed E-state index contributed by atoms with van der Waals surface area (Å²) in [4.78, 5) is 25.1. The van der Waals surface area contributed by atoms with E-state index < -0.39 is 12.1 Å². The van der Waals surface area contributed by atoms with Crippen LogP contribution >= 0.6 is 0 Å². The third-order valence-electron chi connectivity index (χ3n) is 4.35. The molecular formula is C22H23F3N2O4. The van der Waals surface area contributed by atoms with Gasteiger partial charge < -0.3 is 15.2 Å². The van der Waals surface area contributed by atoms with E-state index in [1.165, 1.54) is 19.3 Å². The molecule has 1 fully saturated rings. The van der Waals surface area contributed by atoms with E-state index in [0.29, 0.717) is 11.9 Å². The van der Waals surface area contributed by atoms with Crippen LogP contribution in [0, 0.1) is 0 Å². The molecule has 0 bridgehead atoms. The average Bonchev–Trinajstić information content (AvgIpc) is 2.74. The quantitative estimate of drug-likeness (QED) is 0.646. The van der Waals surface area contributed by atoms with E-state index in [0.717, 1.165) is 24.2 Å². The van der Waals surface area contributed by atoms with Gasteiger partial charge in [0.1, 0.15) is 5.75 Å². The molecule has 1 aromatic carbocycles. The maximum Gasteiger partial charge on any atom is 0.490 e. The molecule has 0 aliphatic heterocycles. The van der Waals surface area contributed by atoms with Gasteiger partial charge in [0.05, 0.1) is 0 Å². The molecule has 0 spiro atoms. The lowest BCUT2D eigenvalue weighted by molar-refractivity contribution is -0.192. The standard InChI is InChI=1S/C20H22N2O2.C2HF3O2/c23-19(22-17-7-3-1-4-8-17)13-11-16-12-14-20(21-15-16)24-18-9-5-2-6-10-18;3-2(4,5)1(6)7/h2,5-6,9-15,17H,1,3-4,7-8H2,(H,22,23);(H,6,7). The second-order valence-electron chi connectivity index (χ2n) is 6.82. The number of carboxylic acid groups (broad SMARTS) is 1. The summed E-state index contributed by atoms with van der Waals surface area (Å²) in [5.74, 6) is -1.51. The highest BCUT2D eigenvalue weighted by atomic mass is 19.4. The number of amides is 1. The number of hydrogen-bond acceptors (Lipinski definition) is 4. The minimum Gasteiger partial charge on any atom is -0.475 e. The Hall–Kier alpha value is -3.36. The van der Waals surface area contributed by atoms with Crippen molar-refractivity contribution in [3.8, 4) is 11.6 Å². The lowest BCUT2D eigenvalue weighted by atomic mass is 9.95. The van der Waals surface area contributed by atoms with E-state index in [4.69, 9.17) is 14.6 Å². The predicted molar refractivity (Wildman–Crippen MR) is 108 cm³/mol. The third kappa shape index (κ3) is 9.33. The van der Waals surface area contributed by atoms with Crippen LogP contribution in [0.5, 0.6) is 11.6 Å². The number of pyridine rings is 1. The fourth-order valence-corrected chi connectivity index (χ4v) is 2.83. The highest BCUT2D eigenvalue weighted by molar-refractivity contribution is 5.91. The van der Waals surface area contributed by atoms with Gasteiger partial charge in [-0.1, -0.05) is 37.5 Å². The van der Waals surface area contributed by atoms with Gasteiger partial charge in [0, 0.05) is 24.4 Å². The number of hydrogen-bond donors (Lipinski definition) is 2. The van der Waals surface area contributed by atoms with E-state index >= 15 is 0 Å². The van der Waals surface area contributed by atoms with Crippen LogP contribution in [0.2, 0.25) is 0 Å². The number of para-hydroxylation sites is 1. The van der Waals surface area contributed by atoms with Crippen molar-refractivity contribution in [2.75, 3.05) is 0 Å². The Kier molecular flexibility index (Phi) is 9.05. The van der Waals surface area contributed by atoms with Gasteiger partial charge in [0.15, 0.2) is 0 Å². The zero-order valence-corrected chi connectivity index (χ0v) is 16.6. The minimum atomic E-state index is -5.08. The largest absolute Gasteiger partial charge is 0.490 e. The number of ether oxygens (including phenoxy) is 1. The van der Waals surface area contributed by atoms with Crippen LogP contribution < -0.4 is 10.1 Å². The Labute approximate surface area is 177 Å². The molecule has 2 aromatic rings. The summed E-state index contributed by atoms with van der Waals surface area (Å²) in [5, 5.41) is 10.2. The Balaban J connectivity index is 0.000000423. The minimum absolute atomic E-state index is 0.0356. The number of nitrogens with zero attached hydrogens (tertiary/aromatic N) is 1. The molecule has 1 aliphatic carbocycles. The summed E-state index contributed by atoms with van der Waals surface area (Å²) in [6.07, 6.45) is 5.84. The zero-order valence-electron chi connectivity index (χ0n) is 16.6. The number of aromatic nitrogens is 1. The molecule has 2 N–H and O–H groups in total. The fourth-order valence-electron chi connectivity index (χ4n) is 2.83. The summed E-state index contributed by atoms with van der Waals surface area (Å²) in [5.41, 5.74) is 0.870. The molecule has 1 aliphatic rings. The van der Waals surface area contributed by atoms with E-state index in [-0.39, 0.29) is 5.91 Å². The van der Waals surface area contributed by atoms with Gasteiger partial charge in [-0.15, -0.1) is 0 Å². The van der Waals surface area contributed by atoms with E-state index in [2.05, 4.69) is 10.3 Å². The van der Waals surface area contributed by atoms with Gasteiger partial charge in [-0.3, -0.25) is 4.79 Å². The fraction of sp³-hybridized carbons (Fsp3) is 0.318. The molecule has 31 heavy (non-hydrogen) atoms. The number of halogens is 3. The summed E-state index contributed by atoms with van der Waals surface area (Å²) in [6, 6.07) is 13.5. The summed E-state index contributed by atoms with van der Waals surface area (Å²) < 4.78 is 37.4. The molecule has 1 heterocycles. The first-order valence-electron chi connectivity index (χ1n) is 9.71. The third-order valence-corrected chi connectivity index (χ3v) is 4.35. The smallest absolute Gasteiger partial charge is 0.475 e. The molecule has 9 heteroatoms. The van der Waals surface area contributed by atoms with Crippen LogP contribution in [0.25, 0.3) is 6.08 Å². The van der Waals surface area contributed by atoms with Crippen molar-refractivity contribution in [3.63, 3.8) is 0 Å².